The van der Waals surface area contributed by atoms with Crippen LogP contribution >= 0.6 is 15.9 Å². The Morgan fingerprint density at radius 2 is 2.00 bits per heavy atom. The third-order valence-electron chi connectivity index (χ3n) is 3.05. The van der Waals surface area contributed by atoms with E-state index in [-0.39, 0.29) is 5.82 Å². The molecule has 0 fully saturated rings. The molecule has 4 heteroatoms. The maximum absolute atomic E-state index is 13.7. The minimum atomic E-state index is -0.204. The van der Waals surface area contributed by atoms with Crippen LogP contribution in [0.2, 0.25) is 0 Å². The Morgan fingerprint density at radius 1 is 1.11 bits per heavy atom. The van der Waals surface area contributed by atoms with Gasteiger partial charge in [0.15, 0.2) is 0 Å². The fourth-order valence-corrected chi connectivity index (χ4v) is 2.36. The number of halogens is 2. The highest BCUT2D eigenvalue weighted by molar-refractivity contribution is 9.10. The first kappa shape index (κ1) is 12.2. The van der Waals surface area contributed by atoms with E-state index in [1.54, 1.807) is 6.07 Å². The second-order valence-electron chi connectivity index (χ2n) is 4.37. The fraction of sp³-hybridized carbons (Fsp3) is 0.0667. The molecule has 0 saturated carbocycles. The van der Waals surface area contributed by atoms with Crippen LogP contribution in [-0.2, 0) is 6.54 Å². The van der Waals surface area contributed by atoms with Crippen LogP contribution in [0.25, 0.3) is 10.9 Å². The molecule has 1 heterocycles. The van der Waals surface area contributed by atoms with Crippen molar-refractivity contribution in [2.75, 3.05) is 5.32 Å². The lowest BCUT2D eigenvalue weighted by molar-refractivity contribution is 0.612. The van der Waals surface area contributed by atoms with Gasteiger partial charge in [0, 0.05) is 39.4 Å². The molecule has 96 valence electrons. The minimum absolute atomic E-state index is 0.204. The summed E-state index contributed by atoms with van der Waals surface area (Å²) < 4.78 is 14.4. The van der Waals surface area contributed by atoms with Crippen molar-refractivity contribution in [1.29, 1.82) is 0 Å². The van der Waals surface area contributed by atoms with Crippen LogP contribution in [0.3, 0.4) is 0 Å². The number of aromatic nitrogens is 1. The Hall–Kier alpha value is -1.81. The third kappa shape index (κ3) is 2.63. The zero-order valence-electron chi connectivity index (χ0n) is 10.1. The number of H-pyrrole nitrogens is 1. The highest BCUT2D eigenvalue weighted by Gasteiger charge is 2.03. The van der Waals surface area contributed by atoms with Crippen molar-refractivity contribution >= 4 is 32.5 Å². The lowest BCUT2D eigenvalue weighted by atomic mass is 10.2. The van der Waals surface area contributed by atoms with Gasteiger partial charge in [0.05, 0.1) is 0 Å². The van der Waals surface area contributed by atoms with Crippen LogP contribution in [0.5, 0.6) is 0 Å². The molecular weight excluding hydrogens is 307 g/mol. The number of hydrogen-bond acceptors (Lipinski definition) is 1. The molecule has 2 N–H and O–H groups in total. The molecule has 0 radical (unpaired) electrons. The summed E-state index contributed by atoms with van der Waals surface area (Å²) in [6.45, 7) is 0.467. The number of rotatable bonds is 3. The molecule has 0 bridgehead atoms. The second-order valence-corrected chi connectivity index (χ2v) is 5.28. The van der Waals surface area contributed by atoms with Gasteiger partial charge in [0.25, 0.3) is 0 Å². The van der Waals surface area contributed by atoms with Crippen LogP contribution in [0, 0.1) is 5.82 Å². The summed E-state index contributed by atoms with van der Waals surface area (Å²) in [5, 5.41) is 4.37. The van der Waals surface area contributed by atoms with Gasteiger partial charge in [-0.3, -0.25) is 0 Å². The molecule has 0 unspecified atom stereocenters. The van der Waals surface area contributed by atoms with E-state index in [1.165, 1.54) is 6.07 Å². The Bertz CT molecular complexity index is 721. The smallest absolute Gasteiger partial charge is 0.129 e. The maximum Gasteiger partial charge on any atom is 0.129 e. The van der Waals surface area contributed by atoms with Gasteiger partial charge < -0.3 is 10.3 Å². The van der Waals surface area contributed by atoms with Gasteiger partial charge in [-0.2, -0.15) is 0 Å². The lowest BCUT2D eigenvalue weighted by Gasteiger charge is -2.08. The summed E-state index contributed by atoms with van der Waals surface area (Å²) >= 11 is 3.25. The van der Waals surface area contributed by atoms with Gasteiger partial charge in [-0.25, -0.2) is 4.39 Å². The normalized spacial score (nSPS) is 10.8. The number of aromatic amines is 1. The topological polar surface area (TPSA) is 27.8 Å². The van der Waals surface area contributed by atoms with Gasteiger partial charge in [-0.1, -0.05) is 22.0 Å². The first-order valence-electron chi connectivity index (χ1n) is 5.97. The van der Waals surface area contributed by atoms with Crippen LogP contribution in [-0.4, -0.2) is 4.98 Å². The summed E-state index contributed by atoms with van der Waals surface area (Å²) in [5.41, 5.74) is 2.73. The SMILES string of the molecule is Fc1cc(Br)ccc1CNc1ccc2[nH]ccc2c1. The average Bonchev–Trinajstić information content (AvgIpc) is 2.85. The predicted molar refractivity (Wildman–Crippen MR) is 79.7 cm³/mol. The van der Waals surface area contributed by atoms with Gasteiger partial charge >= 0.3 is 0 Å². The van der Waals surface area contributed by atoms with Gasteiger partial charge in [0.1, 0.15) is 5.82 Å². The molecular formula is C15H12BrFN2. The van der Waals surface area contributed by atoms with E-state index in [2.05, 4.69) is 26.2 Å². The molecule has 2 aromatic carbocycles. The highest BCUT2D eigenvalue weighted by Crippen LogP contribution is 2.20. The molecule has 0 saturated heterocycles. The molecule has 0 atom stereocenters. The van der Waals surface area contributed by atoms with Crippen LogP contribution < -0.4 is 5.32 Å². The number of hydrogen-bond donors (Lipinski definition) is 2. The van der Waals surface area contributed by atoms with Crippen molar-refractivity contribution in [1.82, 2.24) is 4.98 Å². The first-order chi connectivity index (χ1) is 9.22. The molecule has 2 nitrogen and oxygen atoms in total. The van der Waals surface area contributed by atoms with Crippen molar-refractivity contribution < 1.29 is 4.39 Å². The lowest BCUT2D eigenvalue weighted by Crippen LogP contribution is -2.01. The zero-order chi connectivity index (χ0) is 13.2. The van der Waals surface area contributed by atoms with Crippen LogP contribution in [0.4, 0.5) is 10.1 Å². The van der Waals surface area contributed by atoms with Gasteiger partial charge in [-0.05, 0) is 36.4 Å². The van der Waals surface area contributed by atoms with Crippen molar-refractivity contribution in [3.8, 4) is 0 Å². The van der Waals surface area contributed by atoms with Crippen molar-refractivity contribution in [2.24, 2.45) is 0 Å². The third-order valence-corrected chi connectivity index (χ3v) is 3.54. The fourth-order valence-electron chi connectivity index (χ4n) is 2.03. The van der Waals surface area contributed by atoms with Crippen LogP contribution in [0.15, 0.2) is 53.1 Å². The maximum atomic E-state index is 13.7. The number of benzene rings is 2. The summed E-state index contributed by atoms with van der Waals surface area (Å²) in [4.78, 5) is 3.14. The quantitative estimate of drug-likeness (QED) is 0.721. The number of anilines is 1. The molecule has 0 amide bonds. The molecule has 1 aromatic heterocycles. The van der Waals surface area contributed by atoms with E-state index >= 15 is 0 Å². The van der Waals surface area contributed by atoms with Crippen molar-refractivity contribution in [3.05, 3.63) is 64.5 Å². The minimum Gasteiger partial charge on any atom is -0.381 e. The molecule has 3 rings (SSSR count). The Labute approximate surface area is 118 Å². The largest absolute Gasteiger partial charge is 0.381 e. The predicted octanol–water partition coefficient (Wildman–Crippen LogP) is 4.68. The number of fused-ring (bicyclic) bond motifs is 1. The van der Waals surface area contributed by atoms with E-state index in [0.29, 0.717) is 12.1 Å². The van der Waals surface area contributed by atoms with E-state index in [4.69, 9.17) is 0 Å². The summed E-state index contributed by atoms with van der Waals surface area (Å²) in [6.07, 6.45) is 1.91. The van der Waals surface area contributed by atoms with Gasteiger partial charge in [0.2, 0.25) is 0 Å². The number of nitrogens with one attached hydrogen (secondary N) is 2. The second kappa shape index (κ2) is 5.05. The molecule has 0 aliphatic carbocycles. The molecule has 0 aliphatic rings. The van der Waals surface area contributed by atoms with E-state index in [9.17, 15) is 4.39 Å². The monoisotopic (exact) mass is 318 g/mol. The van der Waals surface area contributed by atoms with Crippen molar-refractivity contribution in [3.63, 3.8) is 0 Å². The Balaban J connectivity index is 1.77. The molecule has 3 aromatic rings. The van der Waals surface area contributed by atoms with Crippen LogP contribution in [0.1, 0.15) is 5.56 Å². The molecule has 0 spiro atoms. The van der Waals surface area contributed by atoms with Gasteiger partial charge in [-0.15, -0.1) is 0 Å². The van der Waals surface area contributed by atoms with E-state index in [0.717, 1.165) is 21.1 Å². The molecule has 0 aliphatic heterocycles. The Morgan fingerprint density at radius 3 is 2.84 bits per heavy atom. The standard InChI is InChI=1S/C15H12BrFN2/c16-12-2-1-11(14(17)8-12)9-19-13-3-4-15-10(7-13)5-6-18-15/h1-8,18-19H,9H2. The zero-order valence-corrected chi connectivity index (χ0v) is 11.7. The summed E-state index contributed by atoms with van der Waals surface area (Å²) in [7, 11) is 0. The Kier molecular flexibility index (Phi) is 3.25. The van der Waals surface area contributed by atoms with E-state index in [1.807, 2.05) is 36.5 Å². The average molecular weight is 319 g/mol. The highest BCUT2D eigenvalue weighted by atomic mass is 79.9. The summed E-state index contributed by atoms with van der Waals surface area (Å²) in [6, 6.07) is 13.2. The summed E-state index contributed by atoms with van der Waals surface area (Å²) in [5.74, 6) is -0.204. The van der Waals surface area contributed by atoms with Crippen molar-refractivity contribution in [2.45, 2.75) is 6.54 Å². The van der Waals surface area contributed by atoms with E-state index < -0.39 is 0 Å². The first-order valence-corrected chi connectivity index (χ1v) is 6.76. The molecule has 19 heavy (non-hydrogen) atoms.